The Morgan fingerprint density at radius 2 is 1.43 bits per heavy atom. The molecule has 2 aromatic rings. The third kappa shape index (κ3) is 9.71. The number of likely N-dealkylation sites (N-methyl/N-ethyl adjacent to an activating group) is 1. The number of carbonyl (C=O) groups is 4. The van der Waals surface area contributed by atoms with Crippen molar-refractivity contribution in [2.45, 2.75) is 105 Å². The molecular weight excluding hydrogens is 620 g/mol. The van der Waals surface area contributed by atoms with Gasteiger partial charge in [-0.25, -0.2) is 4.79 Å². The van der Waals surface area contributed by atoms with E-state index in [1.54, 1.807) is 14.2 Å². The highest BCUT2D eigenvalue weighted by Crippen LogP contribution is 2.44. The van der Waals surface area contributed by atoms with Gasteiger partial charge in [-0.05, 0) is 65.2 Å². The highest BCUT2D eigenvalue weighted by molar-refractivity contribution is 5.93. The Morgan fingerprint density at radius 1 is 0.857 bits per heavy atom. The quantitative estimate of drug-likeness (QED) is 0.157. The van der Waals surface area contributed by atoms with Crippen LogP contribution < -0.4 is 5.32 Å². The summed E-state index contributed by atoms with van der Waals surface area (Å²) in [7, 11) is 3.11. The molecule has 2 N–H and O–H groups in total. The summed E-state index contributed by atoms with van der Waals surface area (Å²) in [5.41, 5.74) is 4.49. The molecule has 9 heteroatoms. The lowest BCUT2D eigenvalue weighted by atomic mass is 9.78. The minimum Gasteiger partial charge on any atom is -0.481 e. The second-order valence-corrected chi connectivity index (χ2v) is 14.3. The molecular formula is C40H58N2O7. The number of rotatable bonds is 19. The van der Waals surface area contributed by atoms with E-state index in [1.165, 1.54) is 4.90 Å². The molecule has 0 fully saturated rings. The number of Topliss-reactive ketones (excluding diaryl/α,β-unsaturated/α-hetero) is 1. The fraction of sp³-hybridized carbons (Fsp3) is 0.600. The molecule has 0 heterocycles. The maximum Gasteiger partial charge on any atom is 0.410 e. The number of benzene rings is 2. The fourth-order valence-electron chi connectivity index (χ4n) is 7.46. The fourth-order valence-corrected chi connectivity index (χ4v) is 7.46. The molecule has 0 aromatic heterocycles. The number of hydrogen-bond acceptors (Lipinski definition) is 6. The van der Waals surface area contributed by atoms with Gasteiger partial charge < -0.3 is 19.9 Å². The number of nitrogens with zero attached hydrogens (tertiary/aromatic N) is 1. The molecule has 0 spiro atoms. The zero-order chi connectivity index (χ0) is 36.4. The van der Waals surface area contributed by atoms with E-state index in [0.717, 1.165) is 28.7 Å². The third-order valence-corrected chi connectivity index (χ3v) is 10.5. The summed E-state index contributed by atoms with van der Waals surface area (Å²) in [5.74, 6) is -2.00. The van der Waals surface area contributed by atoms with Gasteiger partial charge in [-0.1, -0.05) is 103 Å². The lowest BCUT2D eigenvalue weighted by Gasteiger charge is -2.34. The van der Waals surface area contributed by atoms with Gasteiger partial charge in [0.25, 0.3) is 0 Å². The summed E-state index contributed by atoms with van der Waals surface area (Å²) < 4.78 is 11.5. The van der Waals surface area contributed by atoms with Crippen LogP contribution in [-0.2, 0) is 23.9 Å². The van der Waals surface area contributed by atoms with E-state index < -0.39 is 36.2 Å². The topological polar surface area (TPSA) is 122 Å². The Balaban J connectivity index is 1.71. The second-order valence-electron chi connectivity index (χ2n) is 14.3. The van der Waals surface area contributed by atoms with Crippen LogP contribution in [0.4, 0.5) is 4.79 Å². The molecule has 6 atom stereocenters. The molecule has 1 aliphatic rings. The van der Waals surface area contributed by atoms with Crippen molar-refractivity contribution < 1.29 is 33.8 Å². The van der Waals surface area contributed by atoms with Crippen molar-refractivity contribution in [2.75, 3.05) is 20.8 Å². The van der Waals surface area contributed by atoms with Crippen LogP contribution in [0.1, 0.15) is 97.6 Å². The van der Waals surface area contributed by atoms with E-state index in [2.05, 4.69) is 43.4 Å². The smallest absolute Gasteiger partial charge is 0.410 e. The Hall–Kier alpha value is -3.72. The standard InChI is InChI=1S/C40H58N2O7/c1-10-26(7)28(34(48-9)22-35(43)44)21-20-27(11-2)38(45)36(24(3)4)41-39(46)37(25(5)6)42(8)40(47)49-23-33-31-18-14-12-16-29(31)30-17-13-15-19-32(30)33/h12-19,24-28,33-34,36-37H,10-11,20-23H2,1-9H3,(H,41,46)(H,43,44)/t26-,27?,28?,34?,36-,37-/m0/s1. The Morgan fingerprint density at radius 3 is 1.90 bits per heavy atom. The summed E-state index contributed by atoms with van der Waals surface area (Å²) in [6, 6.07) is 14.7. The van der Waals surface area contributed by atoms with Gasteiger partial charge in [0, 0.05) is 26.0 Å². The molecule has 3 unspecified atom stereocenters. The molecule has 2 amide bonds. The molecule has 0 saturated heterocycles. The second kappa shape index (κ2) is 18.3. The van der Waals surface area contributed by atoms with Gasteiger partial charge in [0.2, 0.25) is 5.91 Å². The lowest BCUT2D eigenvalue weighted by Crippen LogP contribution is -2.56. The molecule has 1 aliphatic carbocycles. The van der Waals surface area contributed by atoms with Crippen LogP contribution in [0.15, 0.2) is 48.5 Å². The number of amides is 2. The predicted molar refractivity (Wildman–Crippen MR) is 192 cm³/mol. The van der Waals surface area contributed by atoms with Crippen molar-refractivity contribution in [1.82, 2.24) is 10.2 Å². The number of nitrogens with one attached hydrogen (secondary N) is 1. The van der Waals surface area contributed by atoms with E-state index in [-0.39, 0.29) is 54.3 Å². The minimum atomic E-state index is -0.909. The van der Waals surface area contributed by atoms with Crippen LogP contribution in [-0.4, -0.2) is 72.7 Å². The number of carboxylic acids is 1. The molecule has 0 bridgehead atoms. The zero-order valence-corrected chi connectivity index (χ0v) is 30.9. The maximum atomic E-state index is 14.0. The van der Waals surface area contributed by atoms with E-state index in [0.29, 0.717) is 19.3 Å². The lowest BCUT2D eigenvalue weighted by molar-refractivity contribution is -0.141. The van der Waals surface area contributed by atoms with Gasteiger partial charge in [0.05, 0.1) is 18.6 Å². The highest BCUT2D eigenvalue weighted by atomic mass is 16.6. The highest BCUT2D eigenvalue weighted by Gasteiger charge is 2.37. The monoisotopic (exact) mass is 678 g/mol. The molecule has 0 saturated carbocycles. The number of aliphatic carboxylic acids is 1. The van der Waals surface area contributed by atoms with Gasteiger partial charge in [-0.3, -0.25) is 19.3 Å². The number of carboxylic acid groups (broad SMARTS) is 1. The van der Waals surface area contributed by atoms with Crippen molar-refractivity contribution in [3.8, 4) is 11.1 Å². The summed E-state index contributed by atoms with van der Waals surface area (Å²) in [6.07, 6.45) is 1.54. The first kappa shape index (κ1) is 39.7. The van der Waals surface area contributed by atoms with Gasteiger partial charge >= 0.3 is 12.1 Å². The van der Waals surface area contributed by atoms with Gasteiger partial charge in [0.1, 0.15) is 12.6 Å². The van der Waals surface area contributed by atoms with Crippen molar-refractivity contribution in [1.29, 1.82) is 0 Å². The van der Waals surface area contributed by atoms with Crippen molar-refractivity contribution >= 4 is 23.8 Å². The Labute approximate surface area is 293 Å². The summed E-state index contributed by atoms with van der Waals surface area (Å²) >= 11 is 0. The third-order valence-electron chi connectivity index (χ3n) is 10.5. The number of ether oxygens (including phenoxy) is 2. The molecule has 0 radical (unpaired) electrons. The van der Waals surface area contributed by atoms with Crippen LogP contribution in [0.5, 0.6) is 0 Å². The van der Waals surface area contributed by atoms with Crippen LogP contribution in [0.25, 0.3) is 11.1 Å². The maximum absolute atomic E-state index is 14.0. The summed E-state index contributed by atoms with van der Waals surface area (Å²) in [4.78, 5) is 54.2. The average molecular weight is 679 g/mol. The number of ketones is 1. The van der Waals surface area contributed by atoms with E-state index in [4.69, 9.17) is 9.47 Å². The largest absolute Gasteiger partial charge is 0.481 e. The molecule has 49 heavy (non-hydrogen) atoms. The molecule has 9 nitrogen and oxygen atoms in total. The molecule has 270 valence electrons. The SMILES string of the molecule is CCC(CCC(C(CC(=O)O)OC)[C@@H](C)CC)C(=O)[C@@H](NC(=O)[C@H](C(C)C)N(C)C(=O)OCC1c2ccccc2-c2ccccc21)C(C)C. The van der Waals surface area contributed by atoms with Crippen LogP contribution in [0, 0.1) is 29.6 Å². The molecule has 0 aliphatic heterocycles. The number of methoxy groups -OCH3 is 1. The van der Waals surface area contributed by atoms with Crippen LogP contribution in [0.3, 0.4) is 0 Å². The van der Waals surface area contributed by atoms with Gasteiger partial charge in [-0.2, -0.15) is 0 Å². The zero-order valence-electron chi connectivity index (χ0n) is 30.9. The van der Waals surface area contributed by atoms with Crippen LogP contribution >= 0.6 is 0 Å². The number of carbonyl (C=O) groups excluding carboxylic acids is 3. The summed E-state index contributed by atoms with van der Waals surface area (Å²) in [5, 5.41) is 12.5. The number of hydrogen-bond donors (Lipinski definition) is 2. The predicted octanol–water partition coefficient (Wildman–Crippen LogP) is 7.56. The number of fused-ring (bicyclic) bond motifs is 3. The summed E-state index contributed by atoms with van der Waals surface area (Å²) in [6.45, 7) is 13.8. The van der Waals surface area contributed by atoms with Gasteiger partial charge in [0.15, 0.2) is 5.78 Å². The van der Waals surface area contributed by atoms with Crippen LogP contribution in [0.2, 0.25) is 0 Å². The van der Waals surface area contributed by atoms with E-state index in [9.17, 15) is 24.3 Å². The van der Waals surface area contributed by atoms with Crippen molar-refractivity contribution in [3.63, 3.8) is 0 Å². The van der Waals surface area contributed by atoms with E-state index >= 15 is 0 Å². The first-order valence-electron chi connectivity index (χ1n) is 17.9. The Bertz CT molecular complexity index is 1380. The normalized spacial score (nSPS) is 16.2. The van der Waals surface area contributed by atoms with Crippen molar-refractivity contribution in [3.05, 3.63) is 59.7 Å². The van der Waals surface area contributed by atoms with E-state index in [1.807, 2.05) is 58.9 Å². The van der Waals surface area contributed by atoms with Crippen molar-refractivity contribution in [2.24, 2.45) is 29.6 Å². The Kier molecular flexibility index (Phi) is 14.9. The molecule has 3 rings (SSSR count). The molecule has 2 aromatic carbocycles. The minimum absolute atomic E-state index is 0.0174. The first-order chi connectivity index (χ1) is 23.3. The average Bonchev–Trinajstić information content (AvgIpc) is 3.39. The first-order valence-corrected chi connectivity index (χ1v) is 17.9. The van der Waals surface area contributed by atoms with Gasteiger partial charge in [-0.15, -0.1) is 0 Å².